The fourth-order valence-corrected chi connectivity index (χ4v) is 6.30. The van der Waals surface area contributed by atoms with Crippen LogP contribution in [0.25, 0.3) is 76.5 Å². The van der Waals surface area contributed by atoms with Gasteiger partial charge in [0.05, 0.1) is 38.5 Å². The average molecular weight is 658 g/mol. The van der Waals surface area contributed by atoms with Crippen molar-refractivity contribution in [2.75, 3.05) is 4.90 Å². The summed E-state index contributed by atoms with van der Waals surface area (Å²) in [4.78, 5) is 1.09. The molecule has 0 N–H and O–H groups in total. The summed E-state index contributed by atoms with van der Waals surface area (Å²) in [6.45, 7) is 0. The minimum absolute atomic E-state index is 0.0342. The Balaban J connectivity index is 1.36. The second-order valence-corrected chi connectivity index (χ2v) is 11.4. The van der Waals surface area contributed by atoms with Gasteiger partial charge in [-0.15, -0.1) is 0 Å². The molecule has 0 atom stereocenters. The predicted molar refractivity (Wildman–Crippen MR) is 212 cm³/mol. The van der Waals surface area contributed by atoms with Crippen molar-refractivity contribution in [3.8, 4) is 22.3 Å². The van der Waals surface area contributed by atoms with Crippen LogP contribution in [-0.2, 0) is 0 Å². The van der Waals surface area contributed by atoms with Crippen LogP contribution in [-0.4, -0.2) is 0 Å². The van der Waals surface area contributed by atoms with Crippen molar-refractivity contribution in [1.29, 1.82) is 0 Å². The molecule has 0 amide bonds. The van der Waals surface area contributed by atoms with Crippen LogP contribution < -0.4 is 4.90 Å². The number of hydrogen-bond donors (Lipinski definition) is 0. The van der Waals surface area contributed by atoms with Crippen LogP contribution >= 0.6 is 0 Å². The summed E-state index contributed by atoms with van der Waals surface area (Å²) in [5, 5.41) is -0.475. The Labute approximate surface area is 318 Å². The Morgan fingerprint density at radius 1 is 0.420 bits per heavy atom. The van der Waals surface area contributed by atoms with E-state index in [0.29, 0.717) is 5.56 Å². The second kappa shape index (κ2) is 11.5. The fraction of sp³-hybridized carbons (Fsp3) is 0. The van der Waals surface area contributed by atoms with Gasteiger partial charge in [-0.2, -0.15) is 0 Å². The van der Waals surface area contributed by atoms with Gasteiger partial charge in [0.15, 0.2) is 0 Å². The zero-order chi connectivity index (χ0) is 50.4. The molecule has 9 aromatic carbocycles. The Bertz CT molecular complexity index is 3980. The first kappa shape index (κ1) is 14.9. The van der Waals surface area contributed by atoms with E-state index < -0.39 is 160 Å². The minimum Gasteiger partial charge on any atom is -0.455 e. The summed E-state index contributed by atoms with van der Waals surface area (Å²) in [6, 6.07) is 4.75. The third-order valence-corrected chi connectivity index (χ3v) is 8.58. The molecule has 2 heteroatoms. The zero-order valence-electron chi connectivity index (χ0n) is 45.7. The van der Waals surface area contributed by atoms with Gasteiger partial charge in [-0.25, -0.2) is 0 Å². The van der Waals surface area contributed by atoms with Gasteiger partial charge in [0.25, 0.3) is 0 Å². The van der Waals surface area contributed by atoms with Crippen molar-refractivity contribution in [1.82, 2.24) is 0 Å². The molecule has 1 heterocycles. The third kappa shape index (κ3) is 4.57. The van der Waals surface area contributed by atoms with E-state index in [1.54, 1.807) is 12.1 Å². The average Bonchev–Trinajstić information content (AvgIpc) is 3.75. The van der Waals surface area contributed by atoms with Crippen molar-refractivity contribution in [2.45, 2.75) is 0 Å². The third-order valence-electron chi connectivity index (χ3n) is 8.58. The number of benzene rings is 9. The molecule has 0 saturated carbocycles. The quantitative estimate of drug-likeness (QED) is 0.183. The lowest BCUT2D eigenvalue weighted by atomic mass is 9.97. The largest absolute Gasteiger partial charge is 0.455 e. The molecule has 50 heavy (non-hydrogen) atoms. The van der Waals surface area contributed by atoms with Gasteiger partial charge >= 0.3 is 0 Å². The monoisotopic (exact) mass is 657 g/mol. The van der Waals surface area contributed by atoms with Crippen LogP contribution in [0, 0.1) is 0 Å². The van der Waals surface area contributed by atoms with Gasteiger partial charge in [0.1, 0.15) is 11.2 Å². The lowest BCUT2D eigenvalue weighted by Crippen LogP contribution is -2.10. The van der Waals surface area contributed by atoms with E-state index in [-0.39, 0.29) is 32.8 Å². The number of furan rings is 1. The summed E-state index contributed by atoms with van der Waals surface area (Å²) < 4.78 is 185. The standard InChI is InChI=1S/C48H31NO/c1-4-15-39-32(10-1)13-7-18-41(39)35-22-27-37(28-23-35)49(38-29-24-36(25-30-38)42-19-8-14-33-11-2-5-16-40(33)42)45-20-9-21-46-47(45)44-31-26-34-12-3-6-17-43(34)48(44)50-46/h1-31H/i1D,3D,4D,6D,7D,9D,10D,12D,13D,15D,17D,18D,20D,21D,22D,23D,26D,27D,28D,31D. The minimum atomic E-state index is -0.882. The number of fused-ring (bicyclic) bond motifs is 7. The maximum atomic E-state index is 9.70. The molecule has 10 aromatic rings. The van der Waals surface area contributed by atoms with Gasteiger partial charge in [-0.1, -0.05) is 145 Å². The Morgan fingerprint density at radius 3 is 2.00 bits per heavy atom. The van der Waals surface area contributed by atoms with Crippen LogP contribution in [0.5, 0.6) is 0 Å². The Morgan fingerprint density at radius 2 is 1.14 bits per heavy atom. The Kier molecular flexibility index (Phi) is 3.42. The zero-order valence-corrected chi connectivity index (χ0v) is 25.7. The lowest BCUT2D eigenvalue weighted by Gasteiger charge is -2.27. The van der Waals surface area contributed by atoms with Crippen LogP contribution in [0.1, 0.15) is 27.4 Å². The summed E-state index contributed by atoms with van der Waals surface area (Å²) in [5.74, 6) is 0. The van der Waals surface area contributed by atoms with Crippen molar-refractivity contribution in [3.05, 3.63) is 188 Å². The smallest absolute Gasteiger partial charge is 0.143 e. The molecular weight excluding hydrogens is 607 g/mol. The van der Waals surface area contributed by atoms with Crippen LogP contribution in [0.2, 0.25) is 0 Å². The van der Waals surface area contributed by atoms with E-state index in [1.165, 1.54) is 12.1 Å². The fourth-order valence-electron chi connectivity index (χ4n) is 6.30. The molecule has 0 radical (unpaired) electrons. The van der Waals surface area contributed by atoms with Crippen molar-refractivity contribution >= 4 is 71.3 Å². The molecule has 0 unspecified atom stereocenters. The van der Waals surface area contributed by atoms with Crippen LogP contribution in [0.4, 0.5) is 17.1 Å². The van der Waals surface area contributed by atoms with E-state index in [9.17, 15) is 8.22 Å². The maximum Gasteiger partial charge on any atom is 0.143 e. The maximum absolute atomic E-state index is 9.70. The van der Waals surface area contributed by atoms with E-state index >= 15 is 0 Å². The summed E-state index contributed by atoms with van der Waals surface area (Å²) >= 11 is 0. The Hall–Kier alpha value is -6.64. The molecule has 0 saturated heterocycles. The number of hydrogen-bond acceptors (Lipinski definition) is 2. The first-order chi connectivity index (χ1) is 33.1. The molecule has 0 aliphatic rings. The molecular formula is C48H31NO. The normalized spacial score (nSPS) is 17.2. The van der Waals surface area contributed by atoms with Gasteiger partial charge in [0.2, 0.25) is 0 Å². The van der Waals surface area contributed by atoms with Crippen molar-refractivity contribution in [3.63, 3.8) is 0 Å². The molecule has 10 rings (SSSR count). The number of nitrogens with zero attached hydrogens (tertiary/aromatic N) is 1. The first-order valence-electron chi connectivity index (χ1n) is 25.5. The highest BCUT2D eigenvalue weighted by molar-refractivity contribution is 6.19. The van der Waals surface area contributed by atoms with E-state index in [1.807, 2.05) is 42.5 Å². The molecule has 1 aromatic heterocycles. The van der Waals surface area contributed by atoms with E-state index in [4.69, 9.17) is 23.6 Å². The number of anilines is 3. The summed E-state index contributed by atoms with van der Waals surface area (Å²) in [5.41, 5.74) is -1.61. The summed E-state index contributed by atoms with van der Waals surface area (Å²) in [6.07, 6.45) is 0. The molecule has 0 aliphatic heterocycles. The van der Waals surface area contributed by atoms with Gasteiger partial charge in [0, 0.05) is 22.1 Å². The molecule has 2 nitrogen and oxygen atoms in total. The highest BCUT2D eigenvalue weighted by Gasteiger charge is 2.21. The highest BCUT2D eigenvalue weighted by atomic mass is 16.3. The van der Waals surface area contributed by atoms with Gasteiger partial charge in [-0.05, 0) is 91.5 Å². The molecule has 0 fully saturated rings. The lowest BCUT2D eigenvalue weighted by molar-refractivity contribution is 0.672. The second-order valence-electron chi connectivity index (χ2n) is 11.4. The van der Waals surface area contributed by atoms with Crippen molar-refractivity contribution < 1.29 is 31.8 Å². The molecule has 0 spiro atoms. The molecule has 234 valence electrons. The topological polar surface area (TPSA) is 16.4 Å². The summed E-state index contributed by atoms with van der Waals surface area (Å²) in [7, 11) is 0. The van der Waals surface area contributed by atoms with Crippen molar-refractivity contribution in [2.24, 2.45) is 0 Å². The molecule has 0 aliphatic carbocycles. The SMILES string of the molecule is [2H]c1c([2H])c(N(c2ccc(-c3cccc4ccccc34)cc2)c2c([2H])c([2H])c([2H])c3oc4c5c([2H])c([2H])c([2H])c([2H])c5c([2H])c([2H])c4c23)c([2H])c([2H])c1-c1c([2H])c([2H])c([2H])c2c([2H])c([2H])c([2H])c([2H])c12. The molecule has 0 bridgehead atoms. The van der Waals surface area contributed by atoms with Crippen LogP contribution in [0.15, 0.2) is 192 Å². The van der Waals surface area contributed by atoms with Gasteiger partial charge < -0.3 is 9.32 Å². The van der Waals surface area contributed by atoms with Gasteiger partial charge in [-0.3, -0.25) is 0 Å². The first-order valence-corrected chi connectivity index (χ1v) is 15.5. The number of rotatable bonds is 5. The highest BCUT2D eigenvalue weighted by Crippen LogP contribution is 2.45. The van der Waals surface area contributed by atoms with Crippen LogP contribution in [0.3, 0.4) is 0 Å². The van der Waals surface area contributed by atoms with E-state index in [0.717, 1.165) is 21.2 Å². The predicted octanol–water partition coefficient (Wildman–Crippen LogP) is 13.8. The van der Waals surface area contributed by atoms with E-state index in [2.05, 4.69) is 0 Å².